The molecule has 0 aliphatic carbocycles. The topological polar surface area (TPSA) is 30.9 Å². The molecule has 0 spiro atoms. The molecule has 4 nitrogen and oxygen atoms in total. The van der Waals surface area contributed by atoms with Crippen LogP contribution in [0.25, 0.3) is 0 Å². The van der Waals surface area contributed by atoms with E-state index < -0.39 is 7.32 Å². The van der Waals surface area contributed by atoms with Gasteiger partial charge in [-0.25, -0.2) is 0 Å². The van der Waals surface area contributed by atoms with Gasteiger partial charge in [-0.15, -0.1) is 0 Å². The van der Waals surface area contributed by atoms with Crippen molar-refractivity contribution in [2.24, 2.45) is 0 Å². The van der Waals surface area contributed by atoms with Crippen molar-refractivity contribution in [2.45, 2.75) is 0 Å². The van der Waals surface area contributed by atoms with E-state index in [1.165, 1.54) is 24.6 Å². The van der Waals surface area contributed by atoms with Gasteiger partial charge in [0.15, 0.2) is 0 Å². The van der Waals surface area contributed by atoms with Crippen LogP contribution in [0.3, 0.4) is 0 Å². The summed E-state index contributed by atoms with van der Waals surface area (Å²) in [4.78, 5) is 9.43. The zero-order valence-electron chi connectivity index (χ0n) is 7.62. The SMILES string of the molecule is CN1CCSCC1.FOB(OF)OF.[KH]. The second kappa shape index (κ2) is 13.7. The summed E-state index contributed by atoms with van der Waals surface area (Å²) in [6.07, 6.45) is 0. The Morgan fingerprint density at radius 3 is 1.60 bits per heavy atom. The minimum atomic E-state index is -2.51. The molecule has 1 aliphatic heterocycles. The maximum absolute atomic E-state index is 10.4. The standard InChI is InChI=1S/C5H11NS.BF3O3.K.H/c1-6-2-4-7-5-3-6;2-5-1(6-3)7-4;;/h2-5H2,1H3;;;. The molecule has 0 aromatic carbocycles. The van der Waals surface area contributed by atoms with Gasteiger partial charge in [0.05, 0.1) is 0 Å². The molecule has 1 heterocycles. The molecule has 15 heavy (non-hydrogen) atoms. The Bertz CT molecular complexity index is 129. The van der Waals surface area contributed by atoms with Gasteiger partial charge < -0.3 is 4.90 Å². The monoisotopic (exact) mass is 273 g/mol. The van der Waals surface area contributed by atoms with Gasteiger partial charge in [0, 0.05) is 24.6 Å². The second-order valence-corrected chi connectivity index (χ2v) is 3.70. The number of rotatable bonds is 3. The Labute approximate surface area is 133 Å². The molecule has 0 unspecified atom stereocenters. The number of thioether (sulfide) groups is 1. The summed E-state index contributed by atoms with van der Waals surface area (Å²) in [5.41, 5.74) is 0. The van der Waals surface area contributed by atoms with E-state index in [0.29, 0.717) is 0 Å². The van der Waals surface area contributed by atoms with Crippen LogP contribution in [0, 0.1) is 0 Å². The minimum absolute atomic E-state index is 0. The Kier molecular flexibility index (Phi) is 17.4. The Balaban J connectivity index is 0. The third kappa shape index (κ3) is 11.9. The van der Waals surface area contributed by atoms with Gasteiger partial charge >= 0.3 is 58.7 Å². The van der Waals surface area contributed by atoms with Gasteiger partial charge in [0.2, 0.25) is 0 Å². The van der Waals surface area contributed by atoms with E-state index in [4.69, 9.17) is 0 Å². The molecule has 0 atom stereocenters. The zero-order valence-corrected chi connectivity index (χ0v) is 8.44. The Morgan fingerprint density at radius 2 is 1.47 bits per heavy atom. The van der Waals surface area contributed by atoms with Gasteiger partial charge in [-0.1, -0.05) is 13.6 Å². The van der Waals surface area contributed by atoms with E-state index in [1.54, 1.807) is 0 Å². The molecule has 1 saturated heterocycles. The van der Waals surface area contributed by atoms with Gasteiger partial charge in [0.1, 0.15) is 0 Å². The summed E-state index contributed by atoms with van der Waals surface area (Å²) in [7, 11) is -0.334. The zero-order chi connectivity index (χ0) is 10.8. The van der Waals surface area contributed by atoms with Gasteiger partial charge in [-0.2, -0.15) is 26.3 Å². The Hall–Kier alpha value is 1.68. The van der Waals surface area contributed by atoms with E-state index in [-0.39, 0.29) is 51.4 Å². The van der Waals surface area contributed by atoms with Crippen LogP contribution in [0.4, 0.5) is 13.6 Å². The molecule has 1 fully saturated rings. The fraction of sp³-hybridized carbons (Fsp3) is 1.00. The van der Waals surface area contributed by atoms with E-state index in [0.717, 1.165) is 0 Å². The van der Waals surface area contributed by atoms with Crippen molar-refractivity contribution in [1.82, 2.24) is 4.90 Å². The summed E-state index contributed by atoms with van der Waals surface area (Å²) in [5.74, 6) is 2.66. The van der Waals surface area contributed by atoms with Crippen molar-refractivity contribution in [1.29, 1.82) is 0 Å². The van der Waals surface area contributed by atoms with Crippen LogP contribution in [-0.2, 0) is 14.6 Å². The molecule has 1 rings (SSSR count). The van der Waals surface area contributed by atoms with E-state index in [9.17, 15) is 13.6 Å². The van der Waals surface area contributed by atoms with Crippen molar-refractivity contribution in [3.05, 3.63) is 0 Å². The quantitative estimate of drug-likeness (QED) is 0.706. The first kappa shape index (κ1) is 19.0. The number of hydrogen-bond acceptors (Lipinski definition) is 5. The van der Waals surface area contributed by atoms with E-state index in [2.05, 4.69) is 38.3 Å². The van der Waals surface area contributed by atoms with Crippen LogP contribution in [-0.4, -0.2) is 95.2 Å². The number of halogens is 3. The first-order valence-corrected chi connectivity index (χ1v) is 4.98. The van der Waals surface area contributed by atoms with E-state index in [1.807, 2.05) is 0 Å². The summed E-state index contributed by atoms with van der Waals surface area (Å²) >= 11 is 2.06. The average molecular weight is 273 g/mol. The predicted octanol–water partition coefficient (Wildman–Crippen LogP) is 0.691. The number of hydrogen-bond donors (Lipinski definition) is 0. The summed E-state index contributed by atoms with van der Waals surface area (Å²) in [5, 5.41) is 0. The van der Waals surface area contributed by atoms with Gasteiger partial charge in [-0.05, 0) is 7.05 Å². The second-order valence-electron chi connectivity index (χ2n) is 2.47. The van der Waals surface area contributed by atoms with Crippen LogP contribution < -0.4 is 0 Å². The third-order valence-electron chi connectivity index (χ3n) is 1.45. The molecule has 0 amide bonds. The van der Waals surface area contributed by atoms with Crippen molar-refractivity contribution >= 4 is 70.5 Å². The Morgan fingerprint density at radius 1 is 1.07 bits per heavy atom. The predicted molar refractivity (Wildman–Crippen MR) is 54.3 cm³/mol. The molecule has 86 valence electrons. The first-order chi connectivity index (χ1) is 6.74. The van der Waals surface area contributed by atoms with Gasteiger partial charge in [-0.3, -0.25) is 0 Å². The average Bonchev–Trinajstić information content (AvgIpc) is 2.22. The molecule has 10 heteroatoms. The fourth-order valence-corrected chi connectivity index (χ4v) is 1.78. The van der Waals surface area contributed by atoms with Crippen LogP contribution >= 0.6 is 11.8 Å². The van der Waals surface area contributed by atoms with Crippen LogP contribution in [0.15, 0.2) is 0 Å². The molecule has 1 aliphatic rings. The third-order valence-corrected chi connectivity index (χ3v) is 2.40. The summed E-state index contributed by atoms with van der Waals surface area (Å²) in [6, 6.07) is 0. The van der Waals surface area contributed by atoms with Crippen LogP contribution in [0.5, 0.6) is 0 Å². The summed E-state index contributed by atoms with van der Waals surface area (Å²) in [6.45, 7) is 2.56. The molecular formula is C5H12BF3KNO3S. The van der Waals surface area contributed by atoms with Crippen molar-refractivity contribution in [2.75, 3.05) is 31.6 Å². The van der Waals surface area contributed by atoms with Crippen LogP contribution in [0.1, 0.15) is 0 Å². The normalized spacial score (nSPS) is 16.0. The van der Waals surface area contributed by atoms with Crippen molar-refractivity contribution in [3.63, 3.8) is 0 Å². The van der Waals surface area contributed by atoms with Gasteiger partial charge in [0.25, 0.3) is 0 Å². The molecule has 0 bridgehead atoms. The van der Waals surface area contributed by atoms with E-state index >= 15 is 0 Å². The molecular weight excluding hydrogens is 261 g/mol. The first-order valence-electron chi connectivity index (χ1n) is 3.83. The number of nitrogens with zero attached hydrogens (tertiary/aromatic N) is 1. The van der Waals surface area contributed by atoms with Crippen LogP contribution in [0.2, 0.25) is 0 Å². The molecule has 0 radical (unpaired) electrons. The fourth-order valence-electron chi connectivity index (χ4n) is 0.696. The van der Waals surface area contributed by atoms with Crippen molar-refractivity contribution in [3.8, 4) is 0 Å². The molecule has 0 N–H and O–H groups in total. The molecule has 0 aromatic heterocycles. The molecule has 0 saturated carbocycles. The molecule has 0 aromatic rings. The van der Waals surface area contributed by atoms with Crippen molar-refractivity contribution < 1.29 is 28.2 Å². The summed E-state index contributed by atoms with van der Waals surface area (Å²) < 4.78 is 31.3. The maximum atomic E-state index is 10.4.